The predicted molar refractivity (Wildman–Crippen MR) is 111 cm³/mol. The molecule has 2 aromatic rings. The molecule has 0 amide bonds. The lowest BCUT2D eigenvalue weighted by molar-refractivity contribution is 0.0532. The average Bonchev–Trinajstić information content (AvgIpc) is 2.67. The summed E-state index contributed by atoms with van der Waals surface area (Å²) in [6, 6.07) is 13.2. The molecule has 0 atom stereocenters. The first-order valence-electron chi connectivity index (χ1n) is 8.77. The van der Waals surface area contributed by atoms with Gasteiger partial charge in [0, 0.05) is 28.7 Å². The van der Waals surface area contributed by atoms with Crippen molar-refractivity contribution in [3.05, 3.63) is 58.1 Å². The van der Waals surface area contributed by atoms with Crippen molar-refractivity contribution < 1.29 is 9.47 Å². The minimum absolute atomic E-state index is 0.229. The lowest BCUT2D eigenvalue weighted by Crippen LogP contribution is -2.38. The number of hydrogen-bond donors (Lipinski definition) is 2. The van der Waals surface area contributed by atoms with Crippen LogP contribution in [0.15, 0.2) is 47.5 Å². The molecule has 0 spiro atoms. The summed E-state index contributed by atoms with van der Waals surface area (Å²) < 4.78 is 10.9. The lowest BCUT2D eigenvalue weighted by Gasteiger charge is -2.37. The fourth-order valence-electron chi connectivity index (χ4n) is 3.36. The van der Waals surface area contributed by atoms with Crippen LogP contribution in [0, 0.1) is 0 Å². The van der Waals surface area contributed by atoms with Gasteiger partial charge in [0.2, 0.25) is 0 Å². The standard InChI is InChI=1S/C20H23Cl2N3O2/c1-26-18-5-3-2-4-17(18)25-19(23)24-13-20(8-10-27-11-9-20)15-7-6-14(21)12-16(15)22/h2-7,12H,8-11,13H2,1H3,(H3,23,24,25). The number of nitrogens with two attached hydrogens (primary N) is 1. The average molecular weight is 408 g/mol. The first-order valence-corrected chi connectivity index (χ1v) is 9.53. The van der Waals surface area contributed by atoms with Crippen LogP contribution >= 0.6 is 23.2 Å². The number of rotatable bonds is 5. The van der Waals surface area contributed by atoms with Crippen LogP contribution in [0.5, 0.6) is 5.75 Å². The second kappa shape index (κ2) is 8.83. The zero-order valence-electron chi connectivity index (χ0n) is 15.2. The SMILES string of the molecule is COc1ccccc1NC(N)=NCC1(c2ccc(Cl)cc2Cl)CCOCC1. The minimum atomic E-state index is -0.229. The number of methoxy groups -OCH3 is 1. The molecule has 1 aliphatic heterocycles. The van der Waals surface area contributed by atoms with Gasteiger partial charge in [-0.05, 0) is 42.7 Å². The summed E-state index contributed by atoms with van der Waals surface area (Å²) >= 11 is 12.6. The van der Waals surface area contributed by atoms with Gasteiger partial charge >= 0.3 is 0 Å². The Morgan fingerprint density at radius 2 is 1.96 bits per heavy atom. The van der Waals surface area contributed by atoms with E-state index in [1.54, 1.807) is 13.2 Å². The maximum absolute atomic E-state index is 6.50. The Morgan fingerprint density at radius 3 is 2.67 bits per heavy atom. The first-order chi connectivity index (χ1) is 13.0. The summed E-state index contributed by atoms with van der Waals surface area (Å²) in [7, 11) is 1.62. The summed E-state index contributed by atoms with van der Waals surface area (Å²) in [5.41, 5.74) is 7.72. The van der Waals surface area contributed by atoms with Gasteiger partial charge in [-0.1, -0.05) is 41.4 Å². The van der Waals surface area contributed by atoms with Crippen LogP contribution in [-0.2, 0) is 10.2 Å². The third-order valence-corrected chi connectivity index (χ3v) is 5.42. The third kappa shape index (κ3) is 4.67. The van der Waals surface area contributed by atoms with Gasteiger partial charge < -0.3 is 20.5 Å². The molecule has 5 nitrogen and oxygen atoms in total. The number of ether oxygens (including phenoxy) is 2. The Balaban J connectivity index is 1.83. The highest BCUT2D eigenvalue weighted by Crippen LogP contribution is 2.40. The highest BCUT2D eigenvalue weighted by Gasteiger charge is 2.36. The highest BCUT2D eigenvalue weighted by atomic mass is 35.5. The maximum Gasteiger partial charge on any atom is 0.193 e. The molecule has 27 heavy (non-hydrogen) atoms. The van der Waals surface area contributed by atoms with Crippen LogP contribution in [0.25, 0.3) is 0 Å². The maximum atomic E-state index is 6.50. The molecule has 1 heterocycles. The largest absolute Gasteiger partial charge is 0.495 e. The molecule has 7 heteroatoms. The fourth-order valence-corrected chi connectivity index (χ4v) is 3.97. The summed E-state index contributed by atoms with van der Waals surface area (Å²) in [5.74, 6) is 1.03. The Kier molecular flexibility index (Phi) is 6.47. The van der Waals surface area contributed by atoms with E-state index in [-0.39, 0.29) is 5.41 Å². The van der Waals surface area contributed by atoms with Crippen molar-refractivity contribution in [3.63, 3.8) is 0 Å². The predicted octanol–water partition coefficient (Wildman–Crippen LogP) is 4.48. The lowest BCUT2D eigenvalue weighted by atomic mass is 9.74. The number of halogens is 2. The van der Waals surface area contributed by atoms with Crippen LogP contribution in [0.2, 0.25) is 10.0 Å². The molecule has 144 valence electrons. The minimum Gasteiger partial charge on any atom is -0.495 e. The van der Waals surface area contributed by atoms with Gasteiger partial charge in [-0.15, -0.1) is 0 Å². The van der Waals surface area contributed by atoms with Gasteiger partial charge in [-0.2, -0.15) is 0 Å². The molecule has 2 aromatic carbocycles. The second-order valence-electron chi connectivity index (χ2n) is 6.54. The van der Waals surface area contributed by atoms with E-state index in [4.69, 9.17) is 38.4 Å². The quantitative estimate of drug-likeness (QED) is 0.566. The van der Waals surface area contributed by atoms with Gasteiger partial charge in [-0.25, -0.2) is 0 Å². The van der Waals surface area contributed by atoms with Gasteiger partial charge in [0.05, 0.1) is 19.3 Å². The molecule has 0 aromatic heterocycles. The number of guanidine groups is 1. The van der Waals surface area contributed by atoms with Crippen molar-refractivity contribution in [1.29, 1.82) is 0 Å². The van der Waals surface area contributed by atoms with Gasteiger partial charge in [0.1, 0.15) is 5.75 Å². The number of nitrogens with one attached hydrogen (secondary N) is 1. The monoisotopic (exact) mass is 407 g/mol. The second-order valence-corrected chi connectivity index (χ2v) is 7.39. The Labute approximate surface area is 169 Å². The van der Waals surface area contributed by atoms with Crippen LogP contribution in [-0.4, -0.2) is 32.8 Å². The summed E-state index contributed by atoms with van der Waals surface area (Å²) in [6.07, 6.45) is 1.64. The van der Waals surface area contributed by atoms with Crippen LogP contribution in [0.3, 0.4) is 0 Å². The van der Waals surface area contributed by atoms with E-state index in [1.165, 1.54) is 0 Å². The Bertz CT molecular complexity index is 821. The molecule has 0 radical (unpaired) electrons. The van der Waals surface area contributed by atoms with Gasteiger partial charge in [-0.3, -0.25) is 4.99 Å². The Hall–Kier alpha value is -1.95. The zero-order valence-corrected chi connectivity index (χ0v) is 16.7. The number of hydrogen-bond acceptors (Lipinski definition) is 3. The van der Waals surface area contributed by atoms with Crippen molar-refractivity contribution in [2.45, 2.75) is 18.3 Å². The number of anilines is 1. The van der Waals surface area contributed by atoms with Crippen LogP contribution < -0.4 is 15.8 Å². The molecule has 1 fully saturated rings. The van der Waals surface area contributed by atoms with E-state index in [2.05, 4.69) is 10.3 Å². The van der Waals surface area contributed by atoms with E-state index in [9.17, 15) is 0 Å². The normalized spacial score (nSPS) is 16.8. The third-order valence-electron chi connectivity index (χ3n) is 4.87. The fraction of sp³-hybridized carbons (Fsp3) is 0.350. The molecule has 1 saturated heterocycles. The highest BCUT2D eigenvalue weighted by molar-refractivity contribution is 6.35. The molecule has 1 aliphatic rings. The number of aliphatic imine (C=N–C) groups is 1. The van der Waals surface area contributed by atoms with E-state index < -0.39 is 0 Å². The smallest absolute Gasteiger partial charge is 0.193 e. The van der Waals surface area contributed by atoms with E-state index in [1.807, 2.05) is 36.4 Å². The number of benzene rings is 2. The summed E-state index contributed by atoms with van der Waals surface area (Å²) in [4.78, 5) is 4.61. The van der Waals surface area contributed by atoms with E-state index in [0.29, 0.717) is 41.5 Å². The molecule has 0 unspecified atom stereocenters. The van der Waals surface area contributed by atoms with Crippen molar-refractivity contribution in [2.24, 2.45) is 10.7 Å². The van der Waals surface area contributed by atoms with Gasteiger partial charge in [0.15, 0.2) is 5.96 Å². The number of para-hydroxylation sites is 2. The number of nitrogens with zero attached hydrogens (tertiary/aromatic N) is 1. The van der Waals surface area contributed by atoms with Crippen LogP contribution in [0.1, 0.15) is 18.4 Å². The molecule has 0 saturated carbocycles. The topological polar surface area (TPSA) is 68.9 Å². The molecular weight excluding hydrogens is 385 g/mol. The van der Waals surface area contributed by atoms with E-state index >= 15 is 0 Å². The van der Waals surface area contributed by atoms with Crippen molar-refractivity contribution in [3.8, 4) is 5.75 Å². The zero-order chi connectivity index (χ0) is 19.3. The van der Waals surface area contributed by atoms with Crippen molar-refractivity contribution >= 4 is 34.8 Å². The molecule has 3 N–H and O–H groups in total. The van der Waals surface area contributed by atoms with Crippen molar-refractivity contribution in [2.75, 3.05) is 32.2 Å². The van der Waals surface area contributed by atoms with Crippen LogP contribution in [0.4, 0.5) is 5.69 Å². The summed E-state index contributed by atoms with van der Waals surface area (Å²) in [6.45, 7) is 1.83. The molecule has 0 bridgehead atoms. The molecular formula is C20H23Cl2N3O2. The van der Waals surface area contributed by atoms with E-state index in [0.717, 1.165) is 24.1 Å². The van der Waals surface area contributed by atoms with Gasteiger partial charge in [0.25, 0.3) is 0 Å². The summed E-state index contributed by atoms with van der Waals surface area (Å²) in [5, 5.41) is 4.38. The first kappa shape index (κ1) is 19.8. The molecule has 3 rings (SSSR count). The Morgan fingerprint density at radius 1 is 1.22 bits per heavy atom. The molecule has 0 aliphatic carbocycles. The van der Waals surface area contributed by atoms with Crippen molar-refractivity contribution in [1.82, 2.24) is 0 Å².